The third kappa shape index (κ3) is 2.80. The van der Waals surface area contributed by atoms with E-state index in [1.54, 1.807) is 0 Å². The van der Waals surface area contributed by atoms with Crippen LogP contribution in [0.5, 0.6) is 0 Å². The van der Waals surface area contributed by atoms with Crippen molar-refractivity contribution in [1.82, 2.24) is 14.3 Å². The molecule has 0 aliphatic heterocycles. The predicted molar refractivity (Wildman–Crippen MR) is 94.0 cm³/mol. The maximum Gasteiger partial charge on any atom is 0.274 e. The minimum atomic E-state index is 0.0289. The number of rotatable bonds is 4. The van der Waals surface area contributed by atoms with Gasteiger partial charge in [0.25, 0.3) is 5.91 Å². The lowest BCUT2D eigenvalue weighted by Crippen LogP contribution is -2.32. The van der Waals surface area contributed by atoms with E-state index in [-0.39, 0.29) is 5.91 Å². The molecule has 0 spiro atoms. The number of pyridine rings is 1. The fourth-order valence-corrected chi connectivity index (χ4v) is 3.04. The van der Waals surface area contributed by atoms with Gasteiger partial charge in [0.2, 0.25) is 0 Å². The van der Waals surface area contributed by atoms with E-state index in [1.165, 1.54) is 11.1 Å². The summed E-state index contributed by atoms with van der Waals surface area (Å²) in [4.78, 5) is 19.5. The second kappa shape index (κ2) is 5.78. The van der Waals surface area contributed by atoms with Crippen molar-refractivity contribution in [2.75, 3.05) is 0 Å². The van der Waals surface area contributed by atoms with Crippen molar-refractivity contribution in [2.45, 2.75) is 39.3 Å². The quantitative estimate of drug-likeness (QED) is 0.734. The molecule has 4 rings (SSSR count). The van der Waals surface area contributed by atoms with Crippen LogP contribution in [0.4, 0.5) is 0 Å². The second-order valence-corrected chi connectivity index (χ2v) is 6.67. The van der Waals surface area contributed by atoms with E-state index in [0.29, 0.717) is 18.3 Å². The molecule has 0 N–H and O–H groups in total. The molecule has 1 aliphatic rings. The predicted octanol–water partition coefficient (Wildman–Crippen LogP) is 3.76. The highest BCUT2D eigenvalue weighted by molar-refractivity contribution is 5.93. The van der Waals surface area contributed by atoms with Gasteiger partial charge in [-0.1, -0.05) is 35.9 Å². The Morgan fingerprint density at radius 1 is 1.17 bits per heavy atom. The van der Waals surface area contributed by atoms with Crippen LogP contribution in [0.1, 0.15) is 40.2 Å². The van der Waals surface area contributed by atoms with Gasteiger partial charge in [0.1, 0.15) is 11.3 Å². The number of aryl methyl sites for hydroxylation is 2. The molecule has 1 fully saturated rings. The molecule has 0 saturated heterocycles. The first-order valence-corrected chi connectivity index (χ1v) is 8.43. The number of hydrogen-bond acceptors (Lipinski definition) is 2. The van der Waals surface area contributed by atoms with Crippen LogP contribution in [0.2, 0.25) is 0 Å². The largest absolute Gasteiger partial charge is 0.330 e. The lowest BCUT2D eigenvalue weighted by Gasteiger charge is -2.21. The molecule has 1 aromatic carbocycles. The van der Waals surface area contributed by atoms with Gasteiger partial charge in [-0.3, -0.25) is 4.79 Å². The molecule has 0 radical (unpaired) electrons. The number of aromatic nitrogens is 2. The van der Waals surface area contributed by atoms with Gasteiger partial charge in [-0.2, -0.15) is 0 Å². The molecule has 0 bridgehead atoms. The van der Waals surface area contributed by atoms with Crippen LogP contribution in [0, 0.1) is 13.8 Å². The number of carbonyl (C=O) groups is 1. The highest BCUT2D eigenvalue weighted by atomic mass is 16.2. The number of carbonyl (C=O) groups excluding carboxylic acids is 1. The maximum absolute atomic E-state index is 13.0. The van der Waals surface area contributed by atoms with Gasteiger partial charge in [0.05, 0.1) is 0 Å². The van der Waals surface area contributed by atoms with Crippen molar-refractivity contribution in [3.05, 3.63) is 71.2 Å². The number of nitrogens with zero attached hydrogens (tertiary/aromatic N) is 3. The third-order valence-corrected chi connectivity index (χ3v) is 4.64. The standard InChI is InChI=1S/C20H21N3O/c1-14-6-8-16(9-7-14)12-23(17-10-11-17)20(24)18-13-22-15(2)4-3-5-19(22)21-18/h3-9,13,17H,10-12H2,1-2H3. The molecule has 0 unspecified atom stereocenters. The fourth-order valence-electron chi connectivity index (χ4n) is 3.04. The van der Waals surface area contributed by atoms with Crippen molar-refractivity contribution >= 4 is 11.6 Å². The third-order valence-electron chi connectivity index (χ3n) is 4.64. The molecule has 4 nitrogen and oxygen atoms in total. The van der Waals surface area contributed by atoms with Gasteiger partial charge in [-0.05, 0) is 44.4 Å². The lowest BCUT2D eigenvalue weighted by molar-refractivity contribution is 0.0724. The molecule has 2 heterocycles. The van der Waals surface area contributed by atoms with Crippen molar-refractivity contribution in [3.63, 3.8) is 0 Å². The Kier molecular flexibility index (Phi) is 3.60. The first-order chi connectivity index (χ1) is 11.6. The minimum absolute atomic E-state index is 0.0289. The molecule has 122 valence electrons. The normalized spacial score (nSPS) is 14.1. The molecule has 1 amide bonds. The highest BCUT2D eigenvalue weighted by Crippen LogP contribution is 2.30. The van der Waals surface area contributed by atoms with E-state index < -0.39 is 0 Å². The van der Waals surface area contributed by atoms with Gasteiger partial charge < -0.3 is 9.30 Å². The van der Waals surface area contributed by atoms with Gasteiger partial charge >= 0.3 is 0 Å². The van der Waals surface area contributed by atoms with E-state index in [9.17, 15) is 4.79 Å². The molecule has 3 aromatic rings. The fraction of sp³-hybridized carbons (Fsp3) is 0.300. The van der Waals surface area contributed by atoms with Gasteiger partial charge in [-0.15, -0.1) is 0 Å². The SMILES string of the molecule is Cc1ccc(CN(C(=O)c2cn3c(C)cccc3n2)C2CC2)cc1. The molecule has 24 heavy (non-hydrogen) atoms. The van der Waals surface area contributed by atoms with E-state index in [4.69, 9.17) is 0 Å². The Hall–Kier alpha value is -2.62. The first kappa shape index (κ1) is 14.9. The van der Waals surface area contributed by atoms with E-state index >= 15 is 0 Å². The van der Waals surface area contributed by atoms with Crippen LogP contribution in [0.15, 0.2) is 48.7 Å². The number of fused-ring (bicyclic) bond motifs is 1. The molecule has 1 saturated carbocycles. The monoisotopic (exact) mass is 319 g/mol. The van der Waals surface area contributed by atoms with Gasteiger partial charge in [-0.25, -0.2) is 4.98 Å². The molecule has 1 aliphatic carbocycles. The summed E-state index contributed by atoms with van der Waals surface area (Å²) < 4.78 is 1.98. The van der Waals surface area contributed by atoms with Crippen LogP contribution in [0.25, 0.3) is 5.65 Å². The zero-order chi connectivity index (χ0) is 16.7. The van der Waals surface area contributed by atoms with Gasteiger partial charge in [0, 0.05) is 24.5 Å². The first-order valence-electron chi connectivity index (χ1n) is 8.43. The van der Waals surface area contributed by atoms with E-state index in [0.717, 1.165) is 24.2 Å². The number of imidazole rings is 1. The second-order valence-electron chi connectivity index (χ2n) is 6.67. The van der Waals surface area contributed by atoms with E-state index in [2.05, 4.69) is 36.2 Å². The van der Waals surface area contributed by atoms with E-state index in [1.807, 2.05) is 40.6 Å². The molecule has 4 heteroatoms. The Balaban J connectivity index is 1.63. The summed E-state index contributed by atoms with van der Waals surface area (Å²) in [7, 11) is 0. The number of benzene rings is 1. The smallest absolute Gasteiger partial charge is 0.274 e. The minimum Gasteiger partial charge on any atom is -0.330 e. The average molecular weight is 319 g/mol. The van der Waals surface area contributed by atoms with Crippen molar-refractivity contribution in [2.24, 2.45) is 0 Å². The Bertz CT molecular complexity index is 891. The van der Waals surface area contributed by atoms with Crippen molar-refractivity contribution in [1.29, 1.82) is 0 Å². The van der Waals surface area contributed by atoms with Crippen molar-refractivity contribution < 1.29 is 4.79 Å². The summed E-state index contributed by atoms with van der Waals surface area (Å²) in [6.45, 7) is 4.75. The zero-order valence-electron chi connectivity index (χ0n) is 14.1. The molecular formula is C20H21N3O. The van der Waals surface area contributed by atoms with Crippen LogP contribution in [-0.2, 0) is 6.54 Å². The van der Waals surface area contributed by atoms with Gasteiger partial charge in [0.15, 0.2) is 0 Å². The summed E-state index contributed by atoms with van der Waals surface area (Å²) in [6, 6.07) is 14.7. The highest BCUT2D eigenvalue weighted by Gasteiger charge is 2.34. The summed E-state index contributed by atoms with van der Waals surface area (Å²) in [5.74, 6) is 0.0289. The van der Waals surface area contributed by atoms with Crippen LogP contribution in [-0.4, -0.2) is 26.2 Å². The summed E-state index contributed by atoms with van der Waals surface area (Å²) in [5.41, 5.74) is 4.84. The molecular weight excluding hydrogens is 298 g/mol. The Labute approximate surface area is 141 Å². The number of amides is 1. The number of hydrogen-bond donors (Lipinski definition) is 0. The summed E-state index contributed by atoms with van der Waals surface area (Å²) >= 11 is 0. The Morgan fingerprint density at radius 2 is 1.92 bits per heavy atom. The van der Waals surface area contributed by atoms with Crippen LogP contribution >= 0.6 is 0 Å². The summed E-state index contributed by atoms with van der Waals surface area (Å²) in [6.07, 6.45) is 4.03. The Morgan fingerprint density at radius 3 is 2.58 bits per heavy atom. The van der Waals surface area contributed by atoms with Crippen LogP contribution < -0.4 is 0 Å². The van der Waals surface area contributed by atoms with Crippen LogP contribution in [0.3, 0.4) is 0 Å². The van der Waals surface area contributed by atoms with Crippen molar-refractivity contribution in [3.8, 4) is 0 Å². The lowest BCUT2D eigenvalue weighted by atomic mass is 10.1. The average Bonchev–Trinajstić information content (AvgIpc) is 3.32. The molecule has 0 atom stereocenters. The zero-order valence-corrected chi connectivity index (χ0v) is 14.1. The maximum atomic E-state index is 13.0. The molecule has 2 aromatic heterocycles. The topological polar surface area (TPSA) is 37.6 Å². The summed E-state index contributed by atoms with van der Waals surface area (Å²) in [5, 5.41) is 0.